The average Bonchev–Trinajstić information content (AvgIpc) is 2.74. The van der Waals surface area contributed by atoms with E-state index in [4.69, 9.17) is 0 Å². The van der Waals surface area contributed by atoms with Crippen LogP contribution in [0.15, 0.2) is 12.5 Å². The van der Waals surface area contributed by atoms with Gasteiger partial charge in [0.05, 0.1) is 12.2 Å². The molecule has 2 aromatic heterocycles. The summed E-state index contributed by atoms with van der Waals surface area (Å²) in [7, 11) is 0. The number of thioether (sulfide) groups is 1. The van der Waals surface area contributed by atoms with Gasteiger partial charge < -0.3 is 10.3 Å². The molecular formula is C9H11N5S. The standard InChI is InChI=1S/C9H11N5S/c1-2-15-4-7(11-1)9-13-6-3-10-5-12-8(6)14-9/h3,5,7,11H,1-2,4H2,(H,10,12,13,14). The van der Waals surface area contributed by atoms with Crippen molar-refractivity contribution in [3.8, 4) is 0 Å². The van der Waals surface area contributed by atoms with E-state index in [1.807, 2.05) is 11.8 Å². The van der Waals surface area contributed by atoms with Crippen molar-refractivity contribution in [1.82, 2.24) is 25.3 Å². The van der Waals surface area contributed by atoms with E-state index in [0.29, 0.717) is 6.04 Å². The predicted molar refractivity (Wildman–Crippen MR) is 59.8 cm³/mol. The van der Waals surface area contributed by atoms with Gasteiger partial charge in [-0.1, -0.05) is 0 Å². The van der Waals surface area contributed by atoms with Gasteiger partial charge in [0.25, 0.3) is 0 Å². The van der Waals surface area contributed by atoms with Crippen LogP contribution in [0, 0.1) is 0 Å². The number of nitrogens with one attached hydrogen (secondary N) is 2. The molecule has 15 heavy (non-hydrogen) atoms. The van der Waals surface area contributed by atoms with E-state index in [0.717, 1.165) is 29.3 Å². The lowest BCUT2D eigenvalue weighted by Gasteiger charge is -2.20. The first-order valence-corrected chi connectivity index (χ1v) is 6.06. The van der Waals surface area contributed by atoms with Crippen LogP contribution < -0.4 is 5.32 Å². The summed E-state index contributed by atoms with van der Waals surface area (Å²) in [6.07, 6.45) is 3.28. The highest BCUT2D eigenvalue weighted by Gasteiger charge is 2.18. The second-order valence-corrected chi connectivity index (χ2v) is 4.61. The van der Waals surface area contributed by atoms with Crippen molar-refractivity contribution in [2.45, 2.75) is 6.04 Å². The van der Waals surface area contributed by atoms with Gasteiger partial charge in [-0.15, -0.1) is 0 Å². The Morgan fingerprint density at radius 1 is 1.47 bits per heavy atom. The van der Waals surface area contributed by atoms with Gasteiger partial charge in [-0.05, 0) is 0 Å². The van der Waals surface area contributed by atoms with Crippen LogP contribution in [0.1, 0.15) is 11.9 Å². The molecule has 1 fully saturated rings. The molecule has 6 heteroatoms. The van der Waals surface area contributed by atoms with Crippen molar-refractivity contribution in [2.75, 3.05) is 18.1 Å². The number of imidazole rings is 1. The highest BCUT2D eigenvalue weighted by molar-refractivity contribution is 7.99. The average molecular weight is 221 g/mol. The molecule has 1 aliphatic rings. The lowest BCUT2D eigenvalue weighted by molar-refractivity contribution is 0.570. The van der Waals surface area contributed by atoms with Gasteiger partial charge in [0.1, 0.15) is 17.7 Å². The maximum Gasteiger partial charge on any atom is 0.180 e. The quantitative estimate of drug-likeness (QED) is 0.743. The van der Waals surface area contributed by atoms with Crippen molar-refractivity contribution >= 4 is 22.9 Å². The highest BCUT2D eigenvalue weighted by Crippen LogP contribution is 2.20. The predicted octanol–water partition coefficient (Wildman–Crippen LogP) is 0.730. The lowest BCUT2D eigenvalue weighted by atomic mass is 10.3. The molecule has 2 aromatic rings. The van der Waals surface area contributed by atoms with E-state index in [9.17, 15) is 0 Å². The Labute approximate surface area is 91.1 Å². The van der Waals surface area contributed by atoms with E-state index in [-0.39, 0.29) is 0 Å². The summed E-state index contributed by atoms with van der Waals surface area (Å²) in [5.74, 6) is 3.21. The van der Waals surface area contributed by atoms with Gasteiger partial charge in [0.15, 0.2) is 5.65 Å². The second kappa shape index (κ2) is 3.79. The number of H-pyrrole nitrogens is 1. The van der Waals surface area contributed by atoms with Gasteiger partial charge in [-0.25, -0.2) is 15.0 Å². The summed E-state index contributed by atoms with van der Waals surface area (Å²) in [5, 5.41) is 3.43. The van der Waals surface area contributed by atoms with Crippen LogP contribution >= 0.6 is 11.8 Å². The first kappa shape index (κ1) is 9.11. The first-order chi connectivity index (χ1) is 7.43. The molecule has 1 aliphatic heterocycles. The van der Waals surface area contributed by atoms with Gasteiger partial charge in [-0.3, -0.25) is 0 Å². The van der Waals surface area contributed by atoms with Crippen molar-refractivity contribution in [2.24, 2.45) is 0 Å². The zero-order valence-corrected chi connectivity index (χ0v) is 8.92. The molecule has 0 amide bonds. The topological polar surface area (TPSA) is 66.5 Å². The third-order valence-electron chi connectivity index (χ3n) is 2.43. The molecule has 2 N–H and O–H groups in total. The molecule has 1 atom stereocenters. The van der Waals surface area contributed by atoms with Crippen LogP contribution in [0.3, 0.4) is 0 Å². The number of nitrogens with zero attached hydrogens (tertiary/aromatic N) is 3. The molecule has 1 saturated heterocycles. The summed E-state index contributed by atoms with van der Waals surface area (Å²) in [6, 6.07) is 0.318. The highest BCUT2D eigenvalue weighted by atomic mass is 32.2. The zero-order chi connectivity index (χ0) is 10.1. The first-order valence-electron chi connectivity index (χ1n) is 4.90. The van der Waals surface area contributed by atoms with E-state index in [1.165, 1.54) is 12.1 Å². The van der Waals surface area contributed by atoms with E-state index in [1.54, 1.807) is 6.20 Å². The van der Waals surface area contributed by atoms with Crippen LogP contribution in [-0.4, -0.2) is 38.0 Å². The Balaban J connectivity index is 1.96. The molecule has 0 aromatic carbocycles. The molecule has 0 saturated carbocycles. The maximum atomic E-state index is 4.45. The van der Waals surface area contributed by atoms with Crippen molar-refractivity contribution < 1.29 is 0 Å². The Morgan fingerprint density at radius 3 is 3.27 bits per heavy atom. The number of hydrogen-bond donors (Lipinski definition) is 2. The van der Waals surface area contributed by atoms with Crippen molar-refractivity contribution in [3.05, 3.63) is 18.3 Å². The lowest BCUT2D eigenvalue weighted by Crippen LogP contribution is -2.30. The molecule has 0 aliphatic carbocycles. The monoisotopic (exact) mass is 221 g/mol. The van der Waals surface area contributed by atoms with Crippen LogP contribution in [0.2, 0.25) is 0 Å². The normalized spacial score (nSPS) is 22.0. The van der Waals surface area contributed by atoms with Crippen molar-refractivity contribution in [3.63, 3.8) is 0 Å². The second-order valence-electron chi connectivity index (χ2n) is 3.46. The van der Waals surface area contributed by atoms with Crippen LogP contribution in [-0.2, 0) is 0 Å². The molecule has 0 spiro atoms. The number of hydrogen-bond acceptors (Lipinski definition) is 5. The largest absolute Gasteiger partial charge is 0.338 e. The summed E-state index contributed by atoms with van der Waals surface area (Å²) < 4.78 is 0. The fourth-order valence-electron chi connectivity index (χ4n) is 1.69. The van der Waals surface area contributed by atoms with Gasteiger partial charge in [-0.2, -0.15) is 11.8 Å². The molecule has 3 heterocycles. The fourth-order valence-corrected chi connectivity index (χ4v) is 2.63. The number of rotatable bonds is 1. The number of aromatic amines is 1. The molecular weight excluding hydrogens is 210 g/mol. The Morgan fingerprint density at radius 2 is 2.47 bits per heavy atom. The van der Waals surface area contributed by atoms with E-state index in [2.05, 4.69) is 25.3 Å². The number of aromatic nitrogens is 4. The molecule has 3 rings (SSSR count). The van der Waals surface area contributed by atoms with E-state index >= 15 is 0 Å². The summed E-state index contributed by atoms with van der Waals surface area (Å²) in [4.78, 5) is 15.8. The Hall–Kier alpha value is -1.14. The zero-order valence-electron chi connectivity index (χ0n) is 8.10. The number of fused-ring (bicyclic) bond motifs is 1. The van der Waals surface area contributed by atoms with Crippen LogP contribution in [0.5, 0.6) is 0 Å². The summed E-state index contributed by atoms with van der Waals surface area (Å²) >= 11 is 1.95. The van der Waals surface area contributed by atoms with Gasteiger partial charge >= 0.3 is 0 Å². The summed E-state index contributed by atoms with van der Waals surface area (Å²) in [6.45, 7) is 1.04. The Kier molecular flexibility index (Phi) is 2.30. The molecule has 0 bridgehead atoms. The minimum atomic E-state index is 0.318. The van der Waals surface area contributed by atoms with Crippen LogP contribution in [0.25, 0.3) is 11.2 Å². The molecule has 78 valence electrons. The maximum absolute atomic E-state index is 4.45. The molecule has 0 radical (unpaired) electrons. The molecule has 1 unspecified atom stereocenters. The van der Waals surface area contributed by atoms with E-state index < -0.39 is 0 Å². The fraction of sp³-hybridized carbons (Fsp3) is 0.444. The van der Waals surface area contributed by atoms with Crippen LogP contribution in [0.4, 0.5) is 0 Å². The van der Waals surface area contributed by atoms with Gasteiger partial charge in [0.2, 0.25) is 0 Å². The third kappa shape index (κ3) is 1.70. The minimum Gasteiger partial charge on any atom is -0.338 e. The SMILES string of the molecule is c1ncc2[nH]c(C3CSCCN3)nc2n1. The molecule has 5 nitrogen and oxygen atoms in total. The third-order valence-corrected chi connectivity index (χ3v) is 3.49. The van der Waals surface area contributed by atoms with Crippen molar-refractivity contribution in [1.29, 1.82) is 0 Å². The smallest absolute Gasteiger partial charge is 0.180 e. The minimum absolute atomic E-state index is 0.318. The Bertz CT molecular complexity index is 429. The van der Waals surface area contributed by atoms with Gasteiger partial charge in [0, 0.05) is 18.1 Å². The summed E-state index contributed by atoms with van der Waals surface area (Å²) in [5.41, 5.74) is 1.65.